The maximum atomic E-state index is 12.6. The van der Waals surface area contributed by atoms with E-state index in [0.717, 1.165) is 18.0 Å². The number of hydrogen-bond acceptors (Lipinski definition) is 5. The number of nitrogens with one attached hydrogen (secondary N) is 3. The molecular weight excluding hydrogens is 398 g/mol. The predicted molar refractivity (Wildman–Crippen MR) is 115 cm³/mol. The van der Waals surface area contributed by atoms with Gasteiger partial charge in [-0.3, -0.25) is 14.4 Å². The number of para-hydroxylation sites is 1. The molecule has 2 aliphatic rings. The minimum absolute atomic E-state index is 0.0160. The van der Waals surface area contributed by atoms with Gasteiger partial charge in [-0.2, -0.15) is 0 Å². The molecule has 2 aromatic rings. The summed E-state index contributed by atoms with van der Waals surface area (Å²) < 4.78 is 10.6. The summed E-state index contributed by atoms with van der Waals surface area (Å²) >= 11 is 0. The number of ether oxygens (including phenoxy) is 2. The number of Topliss-reactive ketones (excluding diaryl/α,β-unsaturated/α-hetero) is 1. The molecule has 0 aliphatic carbocycles. The Hall–Kier alpha value is -3.39. The molecule has 0 spiro atoms. The lowest BCUT2D eigenvalue weighted by Crippen LogP contribution is -3.14. The summed E-state index contributed by atoms with van der Waals surface area (Å²) in [4.78, 5) is 37.9. The van der Waals surface area contributed by atoms with E-state index in [1.54, 1.807) is 42.5 Å². The van der Waals surface area contributed by atoms with Crippen molar-refractivity contribution in [3.05, 3.63) is 48.0 Å². The third kappa shape index (κ3) is 5.03. The summed E-state index contributed by atoms with van der Waals surface area (Å²) in [6, 6.07) is 12.4. The number of ketones is 1. The molecule has 0 atom stereocenters. The summed E-state index contributed by atoms with van der Waals surface area (Å²) in [7, 11) is 0. The Labute approximate surface area is 180 Å². The zero-order valence-corrected chi connectivity index (χ0v) is 17.4. The van der Waals surface area contributed by atoms with Crippen molar-refractivity contribution in [1.29, 1.82) is 0 Å². The molecule has 2 heterocycles. The summed E-state index contributed by atoms with van der Waals surface area (Å²) in [5.74, 6) is 0.992. The average molecular weight is 424 g/mol. The molecule has 162 valence electrons. The third-order valence-electron chi connectivity index (χ3n) is 5.69. The molecule has 0 aromatic heterocycles. The van der Waals surface area contributed by atoms with Crippen molar-refractivity contribution in [2.24, 2.45) is 5.92 Å². The molecule has 2 amide bonds. The lowest BCUT2D eigenvalue weighted by atomic mass is 9.95. The summed E-state index contributed by atoms with van der Waals surface area (Å²) in [5, 5.41) is 5.80. The normalized spacial score (nSPS) is 19.5. The number of carbonyl (C=O) groups excluding carboxylic acids is 3. The fourth-order valence-electron chi connectivity index (χ4n) is 4.00. The van der Waals surface area contributed by atoms with Crippen LogP contribution in [0.5, 0.6) is 11.5 Å². The highest BCUT2D eigenvalue weighted by Gasteiger charge is 2.29. The SMILES string of the molecule is CC(=O)c1ccccc1NC(=O)C[NH+]1CCC(C(=O)Nc2ccc3c(c2)OCO3)CC1. The van der Waals surface area contributed by atoms with E-state index in [2.05, 4.69) is 10.6 Å². The van der Waals surface area contributed by atoms with Crippen LogP contribution in [0.15, 0.2) is 42.5 Å². The van der Waals surface area contributed by atoms with Gasteiger partial charge in [0.05, 0.1) is 18.8 Å². The fourth-order valence-corrected chi connectivity index (χ4v) is 4.00. The Balaban J connectivity index is 1.25. The zero-order chi connectivity index (χ0) is 21.8. The van der Waals surface area contributed by atoms with Crippen LogP contribution >= 0.6 is 0 Å². The number of quaternary nitrogens is 1. The number of anilines is 2. The van der Waals surface area contributed by atoms with E-state index in [1.165, 1.54) is 6.92 Å². The molecular formula is C23H26N3O5+. The number of piperidine rings is 1. The largest absolute Gasteiger partial charge is 0.454 e. The Morgan fingerprint density at radius 1 is 1.00 bits per heavy atom. The molecule has 1 fully saturated rings. The van der Waals surface area contributed by atoms with Gasteiger partial charge in [-0.15, -0.1) is 0 Å². The van der Waals surface area contributed by atoms with Crippen LogP contribution in [-0.2, 0) is 9.59 Å². The third-order valence-corrected chi connectivity index (χ3v) is 5.69. The first-order valence-corrected chi connectivity index (χ1v) is 10.4. The number of fused-ring (bicyclic) bond motifs is 1. The number of benzene rings is 2. The molecule has 2 aliphatic heterocycles. The van der Waals surface area contributed by atoms with Crippen molar-refractivity contribution in [2.75, 3.05) is 37.1 Å². The van der Waals surface area contributed by atoms with Crippen LogP contribution in [0.2, 0.25) is 0 Å². The molecule has 4 rings (SSSR count). The first-order chi connectivity index (χ1) is 15.0. The second kappa shape index (κ2) is 9.18. The van der Waals surface area contributed by atoms with Crippen molar-refractivity contribution in [3.8, 4) is 11.5 Å². The topological polar surface area (TPSA) is 98.2 Å². The number of carbonyl (C=O) groups is 3. The molecule has 0 unspecified atom stereocenters. The molecule has 31 heavy (non-hydrogen) atoms. The molecule has 3 N–H and O–H groups in total. The van der Waals surface area contributed by atoms with Gasteiger partial charge in [0.1, 0.15) is 0 Å². The van der Waals surface area contributed by atoms with E-state index in [0.29, 0.717) is 47.8 Å². The monoisotopic (exact) mass is 424 g/mol. The van der Waals surface area contributed by atoms with E-state index in [1.807, 2.05) is 0 Å². The second-order valence-corrected chi connectivity index (χ2v) is 7.91. The number of amides is 2. The van der Waals surface area contributed by atoms with Crippen LogP contribution in [0, 0.1) is 5.92 Å². The number of rotatable bonds is 6. The first kappa shape index (κ1) is 20.9. The zero-order valence-electron chi connectivity index (χ0n) is 17.4. The number of hydrogen-bond donors (Lipinski definition) is 3. The van der Waals surface area contributed by atoms with Crippen LogP contribution in [0.25, 0.3) is 0 Å². The molecule has 8 nitrogen and oxygen atoms in total. The van der Waals surface area contributed by atoms with Gasteiger partial charge < -0.3 is 25.0 Å². The van der Waals surface area contributed by atoms with Crippen molar-refractivity contribution >= 4 is 29.0 Å². The predicted octanol–water partition coefficient (Wildman–Crippen LogP) is 1.49. The highest BCUT2D eigenvalue weighted by atomic mass is 16.7. The Morgan fingerprint density at radius 3 is 2.52 bits per heavy atom. The van der Waals surface area contributed by atoms with E-state index >= 15 is 0 Å². The Morgan fingerprint density at radius 2 is 1.74 bits per heavy atom. The van der Waals surface area contributed by atoms with Crippen LogP contribution in [-0.4, -0.2) is 44.0 Å². The Kier molecular flexibility index (Phi) is 6.18. The number of likely N-dealkylation sites (tertiary alicyclic amines) is 1. The van der Waals surface area contributed by atoms with Crippen LogP contribution in [0.4, 0.5) is 11.4 Å². The van der Waals surface area contributed by atoms with Crippen molar-refractivity contribution in [2.45, 2.75) is 19.8 Å². The molecule has 1 saturated heterocycles. The van der Waals surface area contributed by atoms with Gasteiger partial charge in [-0.1, -0.05) is 12.1 Å². The van der Waals surface area contributed by atoms with Gasteiger partial charge in [-0.05, 0) is 31.2 Å². The molecule has 8 heteroatoms. The van der Waals surface area contributed by atoms with Gasteiger partial charge in [-0.25, -0.2) is 0 Å². The molecule has 0 saturated carbocycles. The van der Waals surface area contributed by atoms with Gasteiger partial charge in [0.25, 0.3) is 5.91 Å². The van der Waals surface area contributed by atoms with E-state index in [4.69, 9.17) is 9.47 Å². The summed E-state index contributed by atoms with van der Waals surface area (Å²) in [5.41, 5.74) is 1.73. The van der Waals surface area contributed by atoms with E-state index in [9.17, 15) is 14.4 Å². The minimum atomic E-state index is -0.132. The van der Waals surface area contributed by atoms with Gasteiger partial charge in [0.2, 0.25) is 12.7 Å². The Bertz CT molecular complexity index is 998. The molecule has 0 radical (unpaired) electrons. The molecule has 2 aromatic carbocycles. The summed E-state index contributed by atoms with van der Waals surface area (Å²) in [6.07, 6.45) is 1.42. The van der Waals surface area contributed by atoms with E-state index in [-0.39, 0.29) is 30.3 Å². The maximum absolute atomic E-state index is 12.6. The lowest BCUT2D eigenvalue weighted by Gasteiger charge is -2.28. The second-order valence-electron chi connectivity index (χ2n) is 7.91. The highest BCUT2D eigenvalue weighted by Crippen LogP contribution is 2.34. The highest BCUT2D eigenvalue weighted by molar-refractivity contribution is 6.03. The average Bonchev–Trinajstić information content (AvgIpc) is 3.22. The fraction of sp³-hybridized carbons (Fsp3) is 0.348. The molecule has 0 bridgehead atoms. The van der Waals surface area contributed by atoms with Gasteiger partial charge >= 0.3 is 0 Å². The maximum Gasteiger partial charge on any atom is 0.279 e. The smallest absolute Gasteiger partial charge is 0.279 e. The van der Waals surface area contributed by atoms with Crippen molar-refractivity contribution in [3.63, 3.8) is 0 Å². The summed E-state index contributed by atoms with van der Waals surface area (Å²) in [6.45, 7) is 3.46. The van der Waals surface area contributed by atoms with Crippen molar-refractivity contribution in [1.82, 2.24) is 0 Å². The van der Waals surface area contributed by atoms with Gasteiger partial charge in [0.15, 0.2) is 23.8 Å². The van der Waals surface area contributed by atoms with Crippen molar-refractivity contribution < 1.29 is 28.8 Å². The van der Waals surface area contributed by atoms with Gasteiger partial charge in [0, 0.05) is 36.1 Å². The quantitative estimate of drug-likeness (QED) is 0.611. The van der Waals surface area contributed by atoms with E-state index < -0.39 is 0 Å². The van der Waals surface area contributed by atoms with Crippen LogP contribution < -0.4 is 25.0 Å². The van der Waals surface area contributed by atoms with Crippen LogP contribution in [0.1, 0.15) is 30.1 Å². The first-order valence-electron chi connectivity index (χ1n) is 10.4. The standard InChI is InChI=1S/C23H25N3O5/c1-15(27)18-4-2-3-5-19(18)25-22(28)13-26-10-8-16(9-11-26)23(29)24-17-6-7-20-21(12-17)31-14-30-20/h2-7,12,16H,8-11,13-14H2,1H3,(H,24,29)(H,25,28)/p+1. The lowest BCUT2D eigenvalue weighted by molar-refractivity contribution is -0.897. The van der Waals surface area contributed by atoms with Crippen LogP contribution in [0.3, 0.4) is 0 Å². The minimum Gasteiger partial charge on any atom is -0.454 e.